The SMILES string of the molecule is COc1ccc(C(=O)Nc2cccc(Cl)c2F)cc1S(=O)(=O)N1CCCc2ccccc21. The first-order valence-corrected chi connectivity index (χ1v) is 11.7. The van der Waals surface area contributed by atoms with Crippen LogP contribution < -0.4 is 14.4 Å². The summed E-state index contributed by atoms with van der Waals surface area (Å²) >= 11 is 5.77. The normalized spacial score (nSPS) is 13.4. The van der Waals surface area contributed by atoms with Crippen molar-refractivity contribution in [2.24, 2.45) is 0 Å². The highest BCUT2D eigenvalue weighted by Gasteiger charge is 2.32. The number of ether oxygens (including phenoxy) is 1. The van der Waals surface area contributed by atoms with E-state index in [1.54, 1.807) is 12.1 Å². The van der Waals surface area contributed by atoms with Gasteiger partial charge < -0.3 is 10.1 Å². The Morgan fingerprint density at radius 2 is 1.91 bits per heavy atom. The molecule has 1 aliphatic heterocycles. The van der Waals surface area contributed by atoms with Gasteiger partial charge >= 0.3 is 0 Å². The Morgan fingerprint density at radius 3 is 2.69 bits per heavy atom. The second-order valence-electron chi connectivity index (χ2n) is 7.23. The van der Waals surface area contributed by atoms with E-state index < -0.39 is 21.7 Å². The Balaban J connectivity index is 1.73. The van der Waals surface area contributed by atoms with Gasteiger partial charge in [-0.05, 0) is 54.8 Å². The molecule has 3 aromatic rings. The van der Waals surface area contributed by atoms with Crippen molar-refractivity contribution in [2.75, 3.05) is 23.3 Å². The predicted molar refractivity (Wildman–Crippen MR) is 122 cm³/mol. The summed E-state index contributed by atoms with van der Waals surface area (Å²) < 4.78 is 48.0. The van der Waals surface area contributed by atoms with Crippen molar-refractivity contribution in [2.45, 2.75) is 17.7 Å². The molecular formula is C23H20ClFN2O4S. The highest BCUT2D eigenvalue weighted by molar-refractivity contribution is 7.93. The van der Waals surface area contributed by atoms with E-state index in [2.05, 4.69) is 5.32 Å². The Labute approximate surface area is 190 Å². The highest BCUT2D eigenvalue weighted by atomic mass is 35.5. The number of hydrogen-bond acceptors (Lipinski definition) is 4. The number of aryl methyl sites for hydroxylation is 1. The fourth-order valence-electron chi connectivity index (χ4n) is 3.68. The largest absolute Gasteiger partial charge is 0.495 e. The van der Waals surface area contributed by atoms with E-state index in [4.69, 9.17) is 16.3 Å². The summed E-state index contributed by atoms with van der Waals surface area (Å²) in [5, 5.41) is 2.30. The van der Waals surface area contributed by atoms with Gasteiger partial charge in [-0.25, -0.2) is 12.8 Å². The van der Waals surface area contributed by atoms with E-state index in [0.717, 1.165) is 12.0 Å². The minimum absolute atomic E-state index is 0.0362. The molecule has 1 amide bonds. The van der Waals surface area contributed by atoms with E-state index in [9.17, 15) is 17.6 Å². The topological polar surface area (TPSA) is 75.7 Å². The Morgan fingerprint density at radius 1 is 1.12 bits per heavy atom. The van der Waals surface area contributed by atoms with Crippen LogP contribution in [0.1, 0.15) is 22.3 Å². The summed E-state index contributed by atoms with van der Waals surface area (Å²) in [6.45, 7) is 0.312. The smallest absolute Gasteiger partial charge is 0.268 e. The number of halogens is 2. The van der Waals surface area contributed by atoms with Gasteiger partial charge in [-0.1, -0.05) is 35.9 Å². The van der Waals surface area contributed by atoms with Crippen molar-refractivity contribution in [1.29, 1.82) is 0 Å². The van der Waals surface area contributed by atoms with Gasteiger partial charge in [0.1, 0.15) is 10.6 Å². The maximum Gasteiger partial charge on any atom is 0.268 e. The Hall–Kier alpha value is -3.10. The molecule has 9 heteroatoms. The molecule has 0 aromatic heterocycles. The average Bonchev–Trinajstić information content (AvgIpc) is 2.81. The second-order valence-corrected chi connectivity index (χ2v) is 9.47. The van der Waals surface area contributed by atoms with Crippen molar-refractivity contribution in [3.63, 3.8) is 0 Å². The summed E-state index contributed by atoms with van der Waals surface area (Å²) in [6, 6.07) is 15.6. The molecule has 0 bridgehead atoms. The third-order valence-electron chi connectivity index (χ3n) is 5.26. The van der Waals surface area contributed by atoms with Crippen LogP contribution in [0.25, 0.3) is 0 Å². The minimum Gasteiger partial charge on any atom is -0.495 e. The van der Waals surface area contributed by atoms with Gasteiger partial charge in [0.15, 0.2) is 5.82 Å². The van der Waals surface area contributed by atoms with Gasteiger partial charge in [-0.3, -0.25) is 9.10 Å². The predicted octanol–water partition coefficient (Wildman–Crippen LogP) is 4.88. The molecule has 4 rings (SSSR count). The number of rotatable bonds is 5. The molecule has 0 saturated carbocycles. The van der Waals surface area contributed by atoms with Gasteiger partial charge in [0.05, 0.1) is 23.5 Å². The lowest BCUT2D eigenvalue weighted by Gasteiger charge is -2.31. The van der Waals surface area contributed by atoms with Crippen molar-refractivity contribution < 1.29 is 22.3 Å². The maximum atomic E-state index is 14.2. The molecule has 0 saturated heterocycles. The molecule has 0 fully saturated rings. The lowest BCUT2D eigenvalue weighted by atomic mass is 10.0. The van der Waals surface area contributed by atoms with Gasteiger partial charge in [0.2, 0.25) is 0 Å². The number of nitrogens with zero attached hydrogens (tertiary/aromatic N) is 1. The summed E-state index contributed by atoms with van der Waals surface area (Å²) in [5.74, 6) is -1.34. The molecule has 166 valence electrons. The average molecular weight is 475 g/mol. The minimum atomic E-state index is -4.03. The van der Waals surface area contributed by atoms with Crippen molar-refractivity contribution >= 4 is 38.9 Å². The molecule has 1 heterocycles. The first-order chi connectivity index (χ1) is 15.3. The van der Waals surface area contributed by atoms with Crippen LogP contribution in [0, 0.1) is 5.82 Å². The van der Waals surface area contributed by atoms with Gasteiger partial charge in [-0.15, -0.1) is 0 Å². The van der Waals surface area contributed by atoms with E-state index in [0.29, 0.717) is 18.7 Å². The zero-order valence-corrected chi connectivity index (χ0v) is 18.7. The summed E-state index contributed by atoms with van der Waals surface area (Å²) in [5.41, 5.74) is 1.48. The van der Waals surface area contributed by atoms with Crippen LogP contribution in [-0.4, -0.2) is 28.0 Å². The molecular weight excluding hydrogens is 455 g/mol. The number of carbonyl (C=O) groups excluding carboxylic acids is 1. The number of amides is 1. The Kier molecular flexibility index (Phi) is 6.08. The van der Waals surface area contributed by atoms with Crippen molar-refractivity contribution in [1.82, 2.24) is 0 Å². The monoisotopic (exact) mass is 474 g/mol. The number of carbonyl (C=O) groups is 1. The summed E-state index contributed by atoms with van der Waals surface area (Å²) in [7, 11) is -2.67. The van der Waals surface area contributed by atoms with Crippen LogP contribution in [0.5, 0.6) is 5.75 Å². The number of nitrogens with one attached hydrogen (secondary N) is 1. The summed E-state index contributed by atoms with van der Waals surface area (Å²) in [6.07, 6.45) is 1.46. The third kappa shape index (κ3) is 4.03. The molecule has 1 aliphatic rings. The standard InChI is InChI=1S/C23H20ClFN2O4S/c1-31-20-12-11-16(23(28)26-18-9-4-8-17(24)22(18)25)14-21(20)32(29,30)27-13-5-7-15-6-2-3-10-19(15)27/h2-4,6,8-12,14H,5,7,13H2,1H3,(H,26,28). The van der Waals surface area contributed by atoms with Crippen LogP contribution in [-0.2, 0) is 16.4 Å². The summed E-state index contributed by atoms with van der Waals surface area (Å²) in [4.78, 5) is 12.6. The lowest BCUT2D eigenvalue weighted by molar-refractivity contribution is 0.102. The lowest BCUT2D eigenvalue weighted by Crippen LogP contribution is -2.35. The van der Waals surface area contributed by atoms with Crippen LogP contribution in [0.4, 0.5) is 15.8 Å². The number of benzene rings is 3. The molecule has 0 radical (unpaired) electrons. The van der Waals surface area contributed by atoms with E-state index >= 15 is 0 Å². The molecule has 0 unspecified atom stereocenters. The van der Waals surface area contributed by atoms with Crippen LogP contribution in [0.3, 0.4) is 0 Å². The van der Waals surface area contributed by atoms with E-state index in [-0.39, 0.29) is 26.9 Å². The number of sulfonamides is 1. The second kappa shape index (κ2) is 8.80. The quantitative estimate of drug-likeness (QED) is 0.571. The third-order valence-corrected chi connectivity index (χ3v) is 7.39. The van der Waals surface area contributed by atoms with Crippen molar-refractivity contribution in [3.8, 4) is 5.75 Å². The fourth-order valence-corrected chi connectivity index (χ4v) is 5.58. The zero-order chi connectivity index (χ0) is 22.9. The molecule has 6 nitrogen and oxygen atoms in total. The first-order valence-electron chi connectivity index (χ1n) is 9.87. The van der Waals surface area contributed by atoms with Crippen molar-refractivity contribution in [3.05, 3.63) is 82.6 Å². The Bertz CT molecular complexity index is 1300. The maximum absolute atomic E-state index is 14.2. The number of fused-ring (bicyclic) bond motifs is 1. The molecule has 0 aliphatic carbocycles. The van der Waals surface area contributed by atoms with E-state index in [1.807, 2.05) is 12.1 Å². The molecule has 1 N–H and O–H groups in total. The number of methoxy groups -OCH3 is 1. The number of hydrogen-bond donors (Lipinski definition) is 1. The molecule has 0 spiro atoms. The van der Waals surface area contributed by atoms with Crippen LogP contribution in [0.2, 0.25) is 5.02 Å². The fraction of sp³-hybridized carbons (Fsp3) is 0.174. The van der Waals surface area contributed by atoms with Gasteiger partial charge in [0.25, 0.3) is 15.9 Å². The van der Waals surface area contributed by atoms with Gasteiger partial charge in [0, 0.05) is 12.1 Å². The number of para-hydroxylation sites is 1. The number of anilines is 2. The first kappa shape index (κ1) is 22.1. The molecule has 32 heavy (non-hydrogen) atoms. The molecule has 3 aromatic carbocycles. The molecule has 0 atom stereocenters. The zero-order valence-electron chi connectivity index (χ0n) is 17.1. The van der Waals surface area contributed by atoms with Gasteiger partial charge in [-0.2, -0.15) is 0 Å². The van der Waals surface area contributed by atoms with Crippen LogP contribution in [0.15, 0.2) is 65.6 Å². The van der Waals surface area contributed by atoms with E-state index in [1.165, 1.54) is 47.8 Å². The van der Waals surface area contributed by atoms with Crippen LogP contribution >= 0.6 is 11.6 Å². The highest BCUT2D eigenvalue weighted by Crippen LogP contribution is 2.35.